The third-order valence-electron chi connectivity index (χ3n) is 5.29. The monoisotopic (exact) mass is 462 g/mol. The zero-order chi connectivity index (χ0) is 23.1. The van der Waals surface area contributed by atoms with Gasteiger partial charge in [-0.1, -0.05) is 6.07 Å². The van der Waals surface area contributed by atoms with Crippen LogP contribution in [-0.4, -0.2) is 32.7 Å². The maximum absolute atomic E-state index is 13.6. The number of hydrogen-bond acceptors (Lipinski definition) is 7. The van der Waals surface area contributed by atoms with Gasteiger partial charge in [0.25, 0.3) is 11.1 Å². The fourth-order valence-electron chi connectivity index (χ4n) is 3.74. The van der Waals surface area contributed by atoms with Crippen molar-refractivity contribution in [3.8, 4) is 17.2 Å². The van der Waals surface area contributed by atoms with Gasteiger partial charge in [-0.2, -0.15) is 0 Å². The Morgan fingerprint density at radius 2 is 1.73 bits per heavy atom. The third kappa shape index (κ3) is 3.50. The van der Waals surface area contributed by atoms with Gasteiger partial charge in [-0.15, -0.1) is 11.3 Å². The average Bonchev–Trinajstić information content (AvgIpc) is 3.32. The van der Waals surface area contributed by atoms with Gasteiger partial charge in [0.2, 0.25) is 0 Å². The van der Waals surface area contributed by atoms with Crippen LogP contribution in [0.5, 0.6) is 11.5 Å². The minimum Gasteiger partial charge on any atom is -0.497 e. The minimum atomic E-state index is -0.559. The number of benzene rings is 1. The van der Waals surface area contributed by atoms with Gasteiger partial charge in [0.15, 0.2) is 0 Å². The molecule has 0 bridgehead atoms. The fraction of sp³-hybridized carbons (Fsp3) is 0.130. The lowest BCUT2D eigenvalue weighted by Gasteiger charge is -2.14. The molecule has 0 radical (unpaired) electrons. The van der Waals surface area contributed by atoms with Crippen molar-refractivity contribution in [1.29, 1.82) is 0 Å². The van der Waals surface area contributed by atoms with E-state index < -0.39 is 11.2 Å². The Bertz CT molecular complexity index is 1670. The van der Waals surface area contributed by atoms with Crippen molar-refractivity contribution in [3.05, 3.63) is 97.0 Å². The molecule has 0 amide bonds. The summed E-state index contributed by atoms with van der Waals surface area (Å²) in [6.07, 6.45) is 1.63. The van der Waals surface area contributed by atoms with Crippen molar-refractivity contribution >= 4 is 27.2 Å². The van der Waals surface area contributed by atoms with E-state index in [1.165, 1.54) is 40.6 Å². The topological polar surface area (TPSA) is 96.8 Å². The van der Waals surface area contributed by atoms with Crippen LogP contribution in [-0.2, 0) is 6.54 Å². The van der Waals surface area contributed by atoms with E-state index in [1.807, 2.05) is 0 Å². The minimum absolute atomic E-state index is 0.0219. The van der Waals surface area contributed by atoms with Crippen molar-refractivity contribution in [2.75, 3.05) is 14.2 Å². The van der Waals surface area contributed by atoms with Gasteiger partial charge in [0, 0.05) is 30.5 Å². The summed E-state index contributed by atoms with van der Waals surface area (Å²) in [4.78, 5) is 43.9. The zero-order valence-electron chi connectivity index (χ0n) is 17.7. The molecular weight excluding hydrogens is 444 g/mol. The summed E-state index contributed by atoms with van der Waals surface area (Å²) in [6.45, 7) is 0.0219. The van der Waals surface area contributed by atoms with Gasteiger partial charge >= 0.3 is 5.69 Å². The Morgan fingerprint density at radius 3 is 2.45 bits per heavy atom. The van der Waals surface area contributed by atoms with E-state index in [-0.39, 0.29) is 12.1 Å². The quantitative estimate of drug-likeness (QED) is 0.398. The Balaban J connectivity index is 1.75. The van der Waals surface area contributed by atoms with Crippen LogP contribution >= 0.6 is 11.3 Å². The smallest absolute Gasteiger partial charge is 0.336 e. The highest BCUT2D eigenvalue weighted by Gasteiger charge is 2.18. The maximum Gasteiger partial charge on any atom is 0.336 e. The molecule has 10 heteroatoms. The average molecular weight is 462 g/mol. The number of hydrogen-bond donors (Lipinski definition) is 0. The molecule has 0 saturated heterocycles. The van der Waals surface area contributed by atoms with E-state index in [4.69, 9.17) is 9.47 Å². The van der Waals surface area contributed by atoms with Crippen LogP contribution in [0.25, 0.3) is 21.6 Å². The molecule has 9 nitrogen and oxygen atoms in total. The molecule has 0 saturated carbocycles. The molecule has 33 heavy (non-hydrogen) atoms. The van der Waals surface area contributed by atoms with Crippen LogP contribution in [0.2, 0.25) is 0 Å². The van der Waals surface area contributed by atoms with Crippen molar-refractivity contribution in [1.82, 2.24) is 18.5 Å². The first-order chi connectivity index (χ1) is 16.0. The first kappa shape index (κ1) is 20.7. The first-order valence-electron chi connectivity index (χ1n) is 9.94. The molecule has 1 aromatic carbocycles. The predicted octanol–water partition coefficient (Wildman–Crippen LogP) is 2.29. The molecular formula is C23H18N4O5S. The van der Waals surface area contributed by atoms with Crippen molar-refractivity contribution in [3.63, 3.8) is 0 Å². The standard InChI is InChI=1S/C23H18N4O5S/c1-31-16-10-15(11-17(12-16)32-2)27-22(29)21-18(6-8-33-21)26(23(27)30)13-14-9-20(28)25-7-4-3-5-19(25)24-14/h3-12H,13H2,1-2H3. The molecule has 0 aliphatic heterocycles. The molecule has 4 heterocycles. The third-order valence-corrected chi connectivity index (χ3v) is 6.18. The van der Waals surface area contributed by atoms with E-state index in [1.54, 1.807) is 54.0 Å². The van der Waals surface area contributed by atoms with Gasteiger partial charge in [0.05, 0.1) is 37.7 Å². The van der Waals surface area contributed by atoms with Gasteiger partial charge in [-0.3, -0.25) is 18.6 Å². The highest BCUT2D eigenvalue weighted by Crippen LogP contribution is 2.24. The summed E-state index contributed by atoms with van der Waals surface area (Å²) in [6, 6.07) is 13.2. The van der Waals surface area contributed by atoms with Crippen LogP contribution in [0.3, 0.4) is 0 Å². The normalized spacial score (nSPS) is 11.2. The van der Waals surface area contributed by atoms with E-state index >= 15 is 0 Å². The Kier molecular flexibility index (Phi) is 5.06. The number of ether oxygens (including phenoxy) is 2. The van der Waals surface area contributed by atoms with Gasteiger partial charge in [0.1, 0.15) is 21.8 Å². The number of rotatable bonds is 5. The van der Waals surface area contributed by atoms with E-state index in [0.29, 0.717) is 38.7 Å². The fourth-order valence-corrected chi connectivity index (χ4v) is 4.56. The highest BCUT2D eigenvalue weighted by molar-refractivity contribution is 7.17. The van der Waals surface area contributed by atoms with Crippen LogP contribution in [0.4, 0.5) is 0 Å². The number of aromatic nitrogens is 4. The van der Waals surface area contributed by atoms with Crippen molar-refractivity contribution in [2.24, 2.45) is 0 Å². The molecule has 0 atom stereocenters. The summed E-state index contributed by atoms with van der Waals surface area (Å²) in [5.74, 6) is 0.885. The first-order valence-corrected chi connectivity index (χ1v) is 10.8. The largest absolute Gasteiger partial charge is 0.497 e. The second kappa shape index (κ2) is 8.06. The second-order valence-corrected chi connectivity index (χ2v) is 8.15. The van der Waals surface area contributed by atoms with Crippen LogP contribution in [0.15, 0.2) is 74.5 Å². The van der Waals surface area contributed by atoms with Crippen molar-refractivity contribution in [2.45, 2.75) is 6.54 Å². The Hall–Kier alpha value is -4.18. The predicted molar refractivity (Wildman–Crippen MR) is 125 cm³/mol. The summed E-state index contributed by atoms with van der Waals surface area (Å²) < 4.78 is 15.0. The van der Waals surface area contributed by atoms with E-state index in [9.17, 15) is 14.4 Å². The summed E-state index contributed by atoms with van der Waals surface area (Å²) in [5, 5.41) is 1.75. The molecule has 0 spiro atoms. The Labute approximate surface area is 190 Å². The SMILES string of the molecule is COc1cc(OC)cc(-n2c(=O)c3sccc3n(Cc3cc(=O)n4ccccc4n3)c2=O)c1. The van der Waals surface area contributed by atoms with Crippen LogP contribution in [0.1, 0.15) is 5.69 Å². The molecule has 5 rings (SSSR count). The molecule has 0 fully saturated rings. The van der Waals surface area contributed by atoms with E-state index in [0.717, 1.165) is 4.57 Å². The van der Waals surface area contributed by atoms with Gasteiger partial charge in [-0.05, 0) is 23.6 Å². The molecule has 5 aromatic rings. The molecule has 0 aliphatic carbocycles. The Morgan fingerprint density at radius 1 is 0.970 bits per heavy atom. The molecule has 0 aliphatic rings. The van der Waals surface area contributed by atoms with Crippen molar-refractivity contribution < 1.29 is 9.47 Å². The number of nitrogens with zero attached hydrogens (tertiary/aromatic N) is 4. The molecule has 0 unspecified atom stereocenters. The number of thiophene rings is 1. The number of fused-ring (bicyclic) bond motifs is 2. The summed E-state index contributed by atoms with van der Waals surface area (Å²) >= 11 is 1.24. The zero-order valence-corrected chi connectivity index (χ0v) is 18.5. The lowest BCUT2D eigenvalue weighted by atomic mass is 10.2. The summed E-state index contributed by atoms with van der Waals surface area (Å²) in [5.41, 5.74) is 0.429. The van der Waals surface area contributed by atoms with Crippen LogP contribution in [0, 0.1) is 0 Å². The molecule has 166 valence electrons. The van der Waals surface area contributed by atoms with Crippen LogP contribution < -0.4 is 26.3 Å². The molecule has 4 aromatic heterocycles. The lowest BCUT2D eigenvalue weighted by molar-refractivity contribution is 0.394. The van der Waals surface area contributed by atoms with Gasteiger partial charge < -0.3 is 9.47 Å². The molecule has 0 N–H and O–H groups in total. The number of pyridine rings is 1. The van der Waals surface area contributed by atoms with E-state index in [2.05, 4.69) is 4.98 Å². The second-order valence-electron chi connectivity index (χ2n) is 7.23. The van der Waals surface area contributed by atoms with Gasteiger partial charge in [-0.25, -0.2) is 14.3 Å². The summed E-state index contributed by atoms with van der Waals surface area (Å²) in [7, 11) is 2.98. The highest BCUT2D eigenvalue weighted by atomic mass is 32.1. The maximum atomic E-state index is 13.6. The lowest BCUT2D eigenvalue weighted by Crippen LogP contribution is -2.39. The number of methoxy groups -OCH3 is 2.